The number of rotatable bonds is 8. The summed E-state index contributed by atoms with van der Waals surface area (Å²) in [5.74, 6) is 0.559. The molecule has 0 bridgehead atoms. The van der Waals surface area contributed by atoms with E-state index in [9.17, 15) is 4.79 Å². The summed E-state index contributed by atoms with van der Waals surface area (Å²) < 4.78 is 0. The van der Waals surface area contributed by atoms with Gasteiger partial charge in [0.05, 0.1) is 6.42 Å². The standard InChI is InChI=1S/C28H32N2O/c31-28(22-23-10-4-1-5-11-23)29-26-16-19-30(20-17-26)21-18-27(24-12-6-2-7-13-24)25-14-8-3-9-15-25/h1-15,26-27H,16-22H2,(H,29,31). The molecule has 1 amide bonds. The highest BCUT2D eigenvalue weighted by atomic mass is 16.1. The molecule has 0 aliphatic carbocycles. The van der Waals surface area contributed by atoms with E-state index in [4.69, 9.17) is 0 Å². The Hall–Kier alpha value is -2.91. The first-order valence-electron chi connectivity index (χ1n) is 11.4. The lowest BCUT2D eigenvalue weighted by molar-refractivity contribution is -0.121. The molecule has 4 rings (SSSR count). The molecule has 1 aliphatic rings. The SMILES string of the molecule is O=C(Cc1ccccc1)NC1CCN(CCC(c2ccccc2)c2ccccc2)CC1. The zero-order chi connectivity index (χ0) is 21.3. The monoisotopic (exact) mass is 412 g/mol. The molecule has 3 nitrogen and oxygen atoms in total. The van der Waals surface area contributed by atoms with Gasteiger partial charge in [-0.05, 0) is 42.5 Å². The number of likely N-dealkylation sites (tertiary alicyclic amines) is 1. The Morgan fingerprint density at radius 3 is 1.87 bits per heavy atom. The smallest absolute Gasteiger partial charge is 0.224 e. The van der Waals surface area contributed by atoms with Gasteiger partial charge in [0.15, 0.2) is 0 Å². The van der Waals surface area contributed by atoms with Crippen LogP contribution < -0.4 is 5.32 Å². The average molecular weight is 413 g/mol. The zero-order valence-corrected chi connectivity index (χ0v) is 18.1. The van der Waals surface area contributed by atoms with Gasteiger partial charge in [0.25, 0.3) is 0 Å². The lowest BCUT2D eigenvalue weighted by Crippen LogP contribution is -2.45. The van der Waals surface area contributed by atoms with Crippen LogP contribution in [-0.2, 0) is 11.2 Å². The van der Waals surface area contributed by atoms with Gasteiger partial charge in [0.2, 0.25) is 5.91 Å². The van der Waals surface area contributed by atoms with Crippen LogP contribution in [0.1, 0.15) is 41.9 Å². The van der Waals surface area contributed by atoms with Gasteiger partial charge in [-0.3, -0.25) is 4.79 Å². The highest BCUT2D eigenvalue weighted by molar-refractivity contribution is 5.78. The number of nitrogens with one attached hydrogen (secondary N) is 1. The van der Waals surface area contributed by atoms with Crippen LogP contribution in [0.3, 0.4) is 0 Å². The first-order valence-corrected chi connectivity index (χ1v) is 11.4. The van der Waals surface area contributed by atoms with E-state index in [2.05, 4.69) is 70.9 Å². The van der Waals surface area contributed by atoms with E-state index in [0.29, 0.717) is 18.4 Å². The number of benzene rings is 3. The van der Waals surface area contributed by atoms with Crippen molar-refractivity contribution in [2.75, 3.05) is 19.6 Å². The van der Waals surface area contributed by atoms with Crippen LogP contribution in [0.2, 0.25) is 0 Å². The van der Waals surface area contributed by atoms with Crippen molar-refractivity contribution in [3.05, 3.63) is 108 Å². The molecule has 0 atom stereocenters. The molecule has 1 N–H and O–H groups in total. The van der Waals surface area contributed by atoms with Gasteiger partial charge in [-0.1, -0.05) is 91.0 Å². The molecule has 1 aliphatic heterocycles. The molecule has 1 saturated heterocycles. The largest absolute Gasteiger partial charge is 0.353 e. The number of hydrogen-bond acceptors (Lipinski definition) is 2. The minimum Gasteiger partial charge on any atom is -0.353 e. The topological polar surface area (TPSA) is 32.3 Å². The van der Waals surface area contributed by atoms with Gasteiger partial charge in [-0.2, -0.15) is 0 Å². The van der Waals surface area contributed by atoms with Crippen molar-refractivity contribution in [3.63, 3.8) is 0 Å². The molecular formula is C28H32N2O. The first-order chi connectivity index (χ1) is 15.3. The Morgan fingerprint density at radius 1 is 0.806 bits per heavy atom. The summed E-state index contributed by atoms with van der Waals surface area (Å²) in [7, 11) is 0. The van der Waals surface area contributed by atoms with Gasteiger partial charge in [0, 0.05) is 25.0 Å². The molecule has 1 fully saturated rings. The van der Waals surface area contributed by atoms with Crippen LogP contribution in [0.15, 0.2) is 91.0 Å². The van der Waals surface area contributed by atoms with E-state index in [1.165, 1.54) is 11.1 Å². The highest BCUT2D eigenvalue weighted by Gasteiger charge is 2.22. The summed E-state index contributed by atoms with van der Waals surface area (Å²) in [5, 5.41) is 3.24. The molecule has 3 heteroatoms. The summed E-state index contributed by atoms with van der Waals surface area (Å²) in [4.78, 5) is 14.9. The predicted octanol–water partition coefficient (Wildman–Crippen LogP) is 5.03. The van der Waals surface area contributed by atoms with Crippen LogP contribution in [0, 0.1) is 0 Å². The molecule has 31 heavy (non-hydrogen) atoms. The fourth-order valence-corrected chi connectivity index (χ4v) is 4.57. The van der Waals surface area contributed by atoms with Crippen molar-refractivity contribution in [3.8, 4) is 0 Å². The zero-order valence-electron chi connectivity index (χ0n) is 18.1. The van der Waals surface area contributed by atoms with E-state index >= 15 is 0 Å². The summed E-state index contributed by atoms with van der Waals surface area (Å²) in [5.41, 5.74) is 3.85. The molecule has 0 spiro atoms. The predicted molar refractivity (Wildman–Crippen MR) is 127 cm³/mol. The lowest BCUT2D eigenvalue weighted by atomic mass is 9.88. The molecule has 0 saturated carbocycles. The number of piperidine rings is 1. The Bertz CT molecular complexity index is 880. The summed E-state index contributed by atoms with van der Waals surface area (Å²) >= 11 is 0. The van der Waals surface area contributed by atoms with Crippen molar-refractivity contribution in [2.45, 2.75) is 37.6 Å². The van der Waals surface area contributed by atoms with E-state index in [0.717, 1.165) is 44.5 Å². The first kappa shape index (κ1) is 21.3. The fraction of sp³-hybridized carbons (Fsp3) is 0.321. The third kappa shape index (κ3) is 6.28. The van der Waals surface area contributed by atoms with Crippen molar-refractivity contribution in [1.29, 1.82) is 0 Å². The third-order valence-corrected chi connectivity index (χ3v) is 6.30. The average Bonchev–Trinajstić information content (AvgIpc) is 2.82. The minimum absolute atomic E-state index is 0.137. The van der Waals surface area contributed by atoms with Gasteiger partial charge in [0.1, 0.15) is 0 Å². The minimum atomic E-state index is 0.137. The van der Waals surface area contributed by atoms with Gasteiger partial charge in [-0.15, -0.1) is 0 Å². The van der Waals surface area contributed by atoms with Crippen LogP contribution >= 0.6 is 0 Å². The molecule has 0 unspecified atom stereocenters. The van der Waals surface area contributed by atoms with Gasteiger partial charge >= 0.3 is 0 Å². The number of amides is 1. The second-order valence-corrected chi connectivity index (χ2v) is 8.51. The second-order valence-electron chi connectivity index (χ2n) is 8.51. The van der Waals surface area contributed by atoms with E-state index in [1.54, 1.807) is 0 Å². The molecule has 0 radical (unpaired) electrons. The van der Waals surface area contributed by atoms with Crippen molar-refractivity contribution >= 4 is 5.91 Å². The third-order valence-electron chi connectivity index (χ3n) is 6.30. The number of nitrogens with zero attached hydrogens (tertiary/aromatic N) is 1. The molecule has 160 valence electrons. The molecule has 0 aromatic heterocycles. The molecule has 1 heterocycles. The molecule has 3 aromatic rings. The van der Waals surface area contributed by atoms with Crippen LogP contribution in [0.25, 0.3) is 0 Å². The number of carbonyl (C=O) groups is 1. The van der Waals surface area contributed by atoms with Crippen LogP contribution in [-0.4, -0.2) is 36.5 Å². The van der Waals surface area contributed by atoms with Gasteiger partial charge in [-0.25, -0.2) is 0 Å². The Balaban J connectivity index is 1.26. The summed E-state index contributed by atoms with van der Waals surface area (Å²) in [6, 6.07) is 32.0. The van der Waals surface area contributed by atoms with Crippen LogP contribution in [0.5, 0.6) is 0 Å². The Labute approximate surface area is 186 Å². The number of carbonyl (C=O) groups excluding carboxylic acids is 1. The van der Waals surface area contributed by atoms with E-state index < -0.39 is 0 Å². The Kier molecular flexibility index (Phi) is 7.51. The summed E-state index contributed by atoms with van der Waals surface area (Å²) in [6.45, 7) is 3.18. The summed E-state index contributed by atoms with van der Waals surface area (Å²) in [6.07, 6.45) is 3.64. The highest BCUT2D eigenvalue weighted by Crippen LogP contribution is 2.28. The molecular weight excluding hydrogens is 380 g/mol. The van der Waals surface area contributed by atoms with Crippen LogP contribution in [0.4, 0.5) is 0 Å². The maximum Gasteiger partial charge on any atom is 0.224 e. The van der Waals surface area contributed by atoms with Gasteiger partial charge < -0.3 is 10.2 Å². The van der Waals surface area contributed by atoms with E-state index in [1.807, 2.05) is 30.3 Å². The molecule has 3 aromatic carbocycles. The lowest BCUT2D eigenvalue weighted by Gasteiger charge is -2.33. The van der Waals surface area contributed by atoms with Crippen molar-refractivity contribution in [2.24, 2.45) is 0 Å². The normalized spacial score (nSPS) is 15.1. The Morgan fingerprint density at radius 2 is 1.32 bits per heavy atom. The second kappa shape index (κ2) is 10.9. The maximum atomic E-state index is 12.4. The van der Waals surface area contributed by atoms with E-state index in [-0.39, 0.29) is 5.91 Å². The maximum absolute atomic E-state index is 12.4. The fourth-order valence-electron chi connectivity index (χ4n) is 4.57. The number of hydrogen-bond donors (Lipinski definition) is 1. The van der Waals surface area contributed by atoms with Crippen molar-refractivity contribution < 1.29 is 4.79 Å². The van der Waals surface area contributed by atoms with Crippen molar-refractivity contribution in [1.82, 2.24) is 10.2 Å². The quantitative estimate of drug-likeness (QED) is 0.563.